The van der Waals surface area contributed by atoms with Crippen LogP contribution in [0.3, 0.4) is 0 Å². The minimum atomic E-state index is -0.154. The Balaban J connectivity index is 1.48. The molecule has 30 heavy (non-hydrogen) atoms. The molecule has 1 amide bonds. The summed E-state index contributed by atoms with van der Waals surface area (Å²) < 4.78 is 1.84. The summed E-state index contributed by atoms with van der Waals surface area (Å²) >= 11 is 0. The van der Waals surface area contributed by atoms with Crippen LogP contribution in [0.2, 0.25) is 0 Å². The molecule has 1 atom stereocenters. The molecule has 146 valence electrons. The molecule has 5 heteroatoms. The van der Waals surface area contributed by atoms with E-state index in [1.54, 1.807) is 12.4 Å². The molecule has 5 aromatic rings. The van der Waals surface area contributed by atoms with Gasteiger partial charge in [0.15, 0.2) is 0 Å². The minimum Gasteiger partial charge on any atom is -0.344 e. The molecule has 0 radical (unpaired) electrons. The highest BCUT2D eigenvalue weighted by molar-refractivity contribution is 5.94. The third kappa shape index (κ3) is 3.31. The SMILES string of the molecule is C[C@@H](NC(=O)c1cnc2ccc(-c3ccc4ncccc4c3)cn12)c1ccccc1. The highest BCUT2D eigenvalue weighted by Crippen LogP contribution is 2.24. The average molecular weight is 392 g/mol. The molecule has 0 aliphatic heterocycles. The predicted molar refractivity (Wildman–Crippen MR) is 118 cm³/mol. The van der Waals surface area contributed by atoms with E-state index in [9.17, 15) is 4.79 Å². The van der Waals surface area contributed by atoms with Crippen LogP contribution in [0.15, 0.2) is 91.4 Å². The molecule has 3 heterocycles. The van der Waals surface area contributed by atoms with Crippen molar-refractivity contribution in [2.75, 3.05) is 0 Å². The van der Waals surface area contributed by atoms with Crippen molar-refractivity contribution in [3.05, 3.63) is 103 Å². The first-order chi connectivity index (χ1) is 14.7. The lowest BCUT2D eigenvalue weighted by Crippen LogP contribution is -2.27. The van der Waals surface area contributed by atoms with Crippen LogP contribution < -0.4 is 5.32 Å². The standard InChI is InChI=1S/C25H20N4O/c1-17(18-6-3-2-4-7-18)28-25(30)23-15-27-24-12-10-21(16-29(23)24)19-9-11-22-20(14-19)8-5-13-26-22/h2-17H,1H3,(H,28,30)/t17-/m1/s1. The van der Waals surface area contributed by atoms with Gasteiger partial charge in [-0.1, -0.05) is 42.5 Å². The summed E-state index contributed by atoms with van der Waals surface area (Å²) in [6.45, 7) is 1.98. The van der Waals surface area contributed by atoms with Crippen molar-refractivity contribution >= 4 is 22.5 Å². The maximum atomic E-state index is 12.9. The molecule has 3 aromatic heterocycles. The number of nitrogens with zero attached hydrogens (tertiary/aromatic N) is 3. The molecule has 0 spiro atoms. The van der Waals surface area contributed by atoms with E-state index < -0.39 is 0 Å². The molecular weight excluding hydrogens is 372 g/mol. The van der Waals surface area contributed by atoms with Gasteiger partial charge in [-0.2, -0.15) is 0 Å². The normalized spacial score (nSPS) is 12.2. The second-order valence-corrected chi connectivity index (χ2v) is 7.31. The molecule has 0 unspecified atom stereocenters. The molecule has 0 fully saturated rings. The first-order valence-electron chi connectivity index (χ1n) is 9.87. The van der Waals surface area contributed by atoms with Crippen molar-refractivity contribution in [1.82, 2.24) is 19.7 Å². The van der Waals surface area contributed by atoms with Crippen LogP contribution in [0.4, 0.5) is 0 Å². The van der Waals surface area contributed by atoms with Gasteiger partial charge in [-0.15, -0.1) is 0 Å². The monoisotopic (exact) mass is 392 g/mol. The maximum absolute atomic E-state index is 12.9. The Bertz CT molecular complexity index is 1360. The molecule has 0 saturated heterocycles. The van der Waals surface area contributed by atoms with Crippen LogP contribution in [-0.4, -0.2) is 20.3 Å². The van der Waals surface area contributed by atoms with Crippen molar-refractivity contribution < 1.29 is 4.79 Å². The number of hydrogen-bond donors (Lipinski definition) is 1. The molecule has 0 bridgehead atoms. The molecule has 5 rings (SSSR count). The fraction of sp³-hybridized carbons (Fsp3) is 0.0800. The summed E-state index contributed by atoms with van der Waals surface area (Å²) in [6.07, 6.45) is 5.37. The van der Waals surface area contributed by atoms with Crippen LogP contribution in [-0.2, 0) is 0 Å². The summed E-state index contributed by atoms with van der Waals surface area (Å²) in [5.41, 5.74) is 5.34. The van der Waals surface area contributed by atoms with Gasteiger partial charge in [0.2, 0.25) is 0 Å². The highest BCUT2D eigenvalue weighted by Gasteiger charge is 2.16. The number of imidazole rings is 1. The van der Waals surface area contributed by atoms with Crippen molar-refractivity contribution in [2.45, 2.75) is 13.0 Å². The first kappa shape index (κ1) is 18.1. The highest BCUT2D eigenvalue weighted by atomic mass is 16.2. The number of aromatic nitrogens is 3. The lowest BCUT2D eigenvalue weighted by atomic mass is 10.0. The van der Waals surface area contributed by atoms with Crippen molar-refractivity contribution in [1.29, 1.82) is 0 Å². The van der Waals surface area contributed by atoms with Crippen LogP contribution in [0, 0.1) is 0 Å². The Morgan fingerprint density at radius 2 is 1.77 bits per heavy atom. The van der Waals surface area contributed by atoms with Gasteiger partial charge in [0.1, 0.15) is 11.3 Å². The van der Waals surface area contributed by atoms with Crippen molar-refractivity contribution in [3.8, 4) is 11.1 Å². The second kappa shape index (κ2) is 7.44. The molecule has 0 aliphatic rings. The fourth-order valence-corrected chi connectivity index (χ4v) is 3.67. The van der Waals surface area contributed by atoms with Gasteiger partial charge in [0, 0.05) is 17.8 Å². The second-order valence-electron chi connectivity index (χ2n) is 7.31. The lowest BCUT2D eigenvalue weighted by molar-refractivity contribution is 0.0934. The predicted octanol–water partition coefficient (Wildman–Crippen LogP) is 5.04. The molecule has 0 aliphatic carbocycles. The molecular formula is C25H20N4O. The van der Waals surface area contributed by atoms with Crippen LogP contribution >= 0.6 is 0 Å². The van der Waals surface area contributed by atoms with Crippen molar-refractivity contribution in [2.24, 2.45) is 0 Å². The number of pyridine rings is 2. The zero-order valence-electron chi connectivity index (χ0n) is 16.5. The number of amides is 1. The van der Waals surface area contributed by atoms with Crippen LogP contribution in [0.5, 0.6) is 0 Å². The van der Waals surface area contributed by atoms with E-state index in [1.807, 2.05) is 84.3 Å². The first-order valence-corrected chi connectivity index (χ1v) is 9.87. The van der Waals surface area contributed by atoms with E-state index in [0.29, 0.717) is 5.69 Å². The Hall–Kier alpha value is -3.99. The summed E-state index contributed by atoms with van der Waals surface area (Å²) in [7, 11) is 0. The molecule has 1 N–H and O–H groups in total. The fourth-order valence-electron chi connectivity index (χ4n) is 3.67. The zero-order valence-corrected chi connectivity index (χ0v) is 16.5. The number of hydrogen-bond acceptors (Lipinski definition) is 3. The zero-order chi connectivity index (χ0) is 20.5. The Morgan fingerprint density at radius 1 is 0.933 bits per heavy atom. The largest absolute Gasteiger partial charge is 0.344 e. The van der Waals surface area contributed by atoms with E-state index in [2.05, 4.69) is 21.4 Å². The summed E-state index contributed by atoms with van der Waals surface area (Å²) in [4.78, 5) is 21.7. The number of carbonyl (C=O) groups excluding carboxylic acids is 1. The average Bonchev–Trinajstić information content (AvgIpc) is 3.22. The topological polar surface area (TPSA) is 59.3 Å². The lowest BCUT2D eigenvalue weighted by Gasteiger charge is -2.14. The maximum Gasteiger partial charge on any atom is 0.270 e. The summed E-state index contributed by atoms with van der Waals surface area (Å²) in [5.74, 6) is -0.154. The third-order valence-corrected chi connectivity index (χ3v) is 5.32. The molecule has 5 nitrogen and oxygen atoms in total. The number of fused-ring (bicyclic) bond motifs is 2. The van der Waals surface area contributed by atoms with E-state index in [-0.39, 0.29) is 11.9 Å². The Labute approximate surface area is 174 Å². The van der Waals surface area contributed by atoms with E-state index in [1.165, 1.54) is 0 Å². The van der Waals surface area contributed by atoms with Gasteiger partial charge in [0.25, 0.3) is 5.91 Å². The quantitative estimate of drug-likeness (QED) is 0.466. The summed E-state index contributed by atoms with van der Waals surface area (Å²) in [6, 6.07) is 23.9. The Kier molecular flexibility index (Phi) is 4.48. The van der Waals surface area contributed by atoms with Gasteiger partial charge >= 0.3 is 0 Å². The number of nitrogens with one attached hydrogen (secondary N) is 1. The van der Waals surface area contributed by atoms with Crippen LogP contribution in [0.25, 0.3) is 27.7 Å². The van der Waals surface area contributed by atoms with Gasteiger partial charge < -0.3 is 5.32 Å². The minimum absolute atomic E-state index is 0.0968. The van der Waals surface area contributed by atoms with Crippen LogP contribution in [0.1, 0.15) is 29.0 Å². The van der Waals surface area contributed by atoms with E-state index in [4.69, 9.17) is 0 Å². The smallest absolute Gasteiger partial charge is 0.270 e. The summed E-state index contributed by atoms with van der Waals surface area (Å²) in [5, 5.41) is 4.15. The van der Waals surface area contributed by atoms with Gasteiger partial charge in [-0.05, 0) is 53.9 Å². The van der Waals surface area contributed by atoms with Gasteiger partial charge in [-0.25, -0.2) is 4.98 Å². The number of carbonyl (C=O) groups is 1. The Morgan fingerprint density at radius 3 is 2.63 bits per heavy atom. The van der Waals surface area contributed by atoms with Gasteiger partial charge in [-0.3, -0.25) is 14.2 Å². The molecule has 0 saturated carbocycles. The van der Waals surface area contributed by atoms with Crippen molar-refractivity contribution in [3.63, 3.8) is 0 Å². The van der Waals surface area contributed by atoms with Gasteiger partial charge in [0.05, 0.1) is 17.8 Å². The number of rotatable bonds is 4. The van der Waals surface area contributed by atoms with E-state index in [0.717, 1.165) is 33.2 Å². The molecule has 2 aromatic carbocycles. The number of benzene rings is 2. The third-order valence-electron chi connectivity index (χ3n) is 5.32. The van der Waals surface area contributed by atoms with E-state index >= 15 is 0 Å².